The molecule has 142 valence electrons. The Bertz CT molecular complexity index is 851. The van der Waals surface area contributed by atoms with Crippen LogP contribution < -0.4 is 4.74 Å². The van der Waals surface area contributed by atoms with Gasteiger partial charge in [0, 0.05) is 31.2 Å². The molecule has 6 nitrogen and oxygen atoms in total. The van der Waals surface area contributed by atoms with E-state index in [1.807, 2.05) is 0 Å². The molecule has 0 unspecified atom stereocenters. The summed E-state index contributed by atoms with van der Waals surface area (Å²) < 4.78 is 5.47. The summed E-state index contributed by atoms with van der Waals surface area (Å²) in [5, 5.41) is 10.7. The molecule has 1 heterocycles. The van der Waals surface area contributed by atoms with Gasteiger partial charge in [-0.25, -0.2) is 0 Å². The van der Waals surface area contributed by atoms with Gasteiger partial charge in [0.1, 0.15) is 11.5 Å². The molecule has 0 aromatic heterocycles. The number of hydrogen-bond acceptors (Lipinski definition) is 4. The fraction of sp³-hybridized carbons (Fsp3) is 0.263. The van der Waals surface area contributed by atoms with Crippen LogP contribution in [-0.2, 0) is 4.79 Å². The number of phenols is 1. The molecule has 0 aliphatic carbocycles. The van der Waals surface area contributed by atoms with E-state index in [9.17, 15) is 14.7 Å². The van der Waals surface area contributed by atoms with Crippen LogP contribution in [0.4, 0.5) is 0 Å². The molecule has 0 spiro atoms. The molecular weight excluding hydrogens is 391 g/mol. The number of carbonyl (C=O) groups is 2. The molecule has 2 aromatic rings. The largest absolute Gasteiger partial charge is 0.507 e. The van der Waals surface area contributed by atoms with Crippen LogP contribution in [0, 0.1) is 0 Å². The van der Waals surface area contributed by atoms with E-state index in [-0.39, 0.29) is 29.7 Å². The Morgan fingerprint density at radius 1 is 1.00 bits per heavy atom. The van der Waals surface area contributed by atoms with Crippen molar-refractivity contribution in [2.24, 2.45) is 0 Å². The van der Waals surface area contributed by atoms with Gasteiger partial charge in [0.05, 0.1) is 10.6 Å². The summed E-state index contributed by atoms with van der Waals surface area (Å²) in [6.07, 6.45) is 0. The Morgan fingerprint density at radius 3 is 2.33 bits per heavy atom. The molecule has 2 amide bonds. The molecule has 1 aliphatic rings. The molecule has 27 heavy (non-hydrogen) atoms. The summed E-state index contributed by atoms with van der Waals surface area (Å²) in [5.41, 5.74) is 0.262. The lowest BCUT2D eigenvalue weighted by molar-refractivity contribution is -0.134. The molecule has 0 radical (unpaired) electrons. The fourth-order valence-corrected chi connectivity index (χ4v) is 3.27. The van der Waals surface area contributed by atoms with Gasteiger partial charge in [0.2, 0.25) is 0 Å². The summed E-state index contributed by atoms with van der Waals surface area (Å²) in [6, 6.07) is 11.2. The van der Waals surface area contributed by atoms with Crippen LogP contribution in [-0.4, -0.2) is 59.5 Å². The van der Waals surface area contributed by atoms with Gasteiger partial charge in [-0.1, -0.05) is 35.3 Å². The highest BCUT2D eigenvalue weighted by Gasteiger charge is 2.26. The molecule has 0 saturated carbocycles. The zero-order chi connectivity index (χ0) is 19.4. The summed E-state index contributed by atoms with van der Waals surface area (Å²) in [7, 11) is 0. The Balaban J connectivity index is 1.52. The van der Waals surface area contributed by atoms with Gasteiger partial charge in [-0.2, -0.15) is 0 Å². The first-order valence-corrected chi connectivity index (χ1v) is 9.14. The maximum atomic E-state index is 12.5. The Hall–Kier alpha value is -2.44. The molecule has 3 rings (SSSR count). The number of hydrogen-bond donors (Lipinski definition) is 1. The second-order valence-corrected chi connectivity index (χ2v) is 6.90. The van der Waals surface area contributed by atoms with Crippen molar-refractivity contribution in [2.45, 2.75) is 0 Å². The maximum Gasteiger partial charge on any atom is 0.260 e. The average Bonchev–Trinajstić information content (AvgIpc) is 2.67. The first-order chi connectivity index (χ1) is 13.0. The van der Waals surface area contributed by atoms with Crippen LogP contribution in [0.15, 0.2) is 42.5 Å². The number of para-hydroxylation sites is 1. The molecule has 1 fully saturated rings. The highest BCUT2D eigenvalue weighted by atomic mass is 35.5. The van der Waals surface area contributed by atoms with E-state index < -0.39 is 0 Å². The maximum absolute atomic E-state index is 12.5. The molecule has 1 saturated heterocycles. The molecule has 0 bridgehead atoms. The van der Waals surface area contributed by atoms with Crippen molar-refractivity contribution in [3.63, 3.8) is 0 Å². The van der Waals surface area contributed by atoms with E-state index in [4.69, 9.17) is 27.9 Å². The van der Waals surface area contributed by atoms with E-state index in [0.29, 0.717) is 42.0 Å². The fourth-order valence-electron chi connectivity index (χ4n) is 2.81. The second kappa shape index (κ2) is 8.50. The minimum absolute atomic E-state index is 0.0470. The lowest BCUT2D eigenvalue weighted by Gasteiger charge is -2.34. The van der Waals surface area contributed by atoms with E-state index in [1.54, 1.807) is 46.2 Å². The number of rotatable bonds is 4. The number of nitrogens with zero attached hydrogens (tertiary/aromatic N) is 2. The lowest BCUT2D eigenvalue weighted by atomic mass is 10.1. The van der Waals surface area contributed by atoms with Crippen LogP contribution in [0.5, 0.6) is 11.5 Å². The van der Waals surface area contributed by atoms with Gasteiger partial charge in [0.25, 0.3) is 11.8 Å². The van der Waals surface area contributed by atoms with E-state index >= 15 is 0 Å². The van der Waals surface area contributed by atoms with Gasteiger partial charge in [-0.15, -0.1) is 0 Å². The van der Waals surface area contributed by atoms with Crippen LogP contribution >= 0.6 is 23.2 Å². The Kier molecular flexibility index (Phi) is 6.08. The molecule has 1 N–H and O–H groups in total. The van der Waals surface area contributed by atoms with Crippen molar-refractivity contribution in [3.05, 3.63) is 58.1 Å². The summed E-state index contributed by atoms with van der Waals surface area (Å²) in [4.78, 5) is 28.1. The number of carbonyl (C=O) groups excluding carboxylic acids is 2. The zero-order valence-corrected chi connectivity index (χ0v) is 15.9. The van der Waals surface area contributed by atoms with Crippen LogP contribution in [0.2, 0.25) is 10.0 Å². The van der Waals surface area contributed by atoms with Crippen molar-refractivity contribution >= 4 is 35.0 Å². The molecule has 1 aliphatic heterocycles. The summed E-state index contributed by atoms with van der Waals surface area (Å²) in [6.45, 7) is 1.43. The smallest absolute Gasteiger partial charge is 0.260 e. The quantitative estimate of drug-likeness (QED) is 0.843. The van der Waals surface area contributed by atoms with Crippen LogP contribution in [0.1, 0.15) is 10.4 Å². The van der Waals surface area contributed by atoms with Gasteiger partial charge in [0.15, 0.2) is 6.61 Å². The minimum Gasteiger partial charge on any atom is -0.507 e. The number of ether oxygens (including phenoxy) is 1. The van der Waals surface area contributed by atoms with E-state index in [1.165, 1.54) is 6.07 Å². The summed E-state index contributed by atoms with van der Waals surface area (Å²) in [5.74, 6) is -0.0860. The van der Waals surface area contributed by atoms with Crippen molar-refractivity contribution in [1.29, 1.82) is 0 Å². The van der Waals surface area contributed by atoms with Crippen molar-refractivity contribution < 1.29 is 19.4 Å². The van der Waals surface area contributed by atoms with Gasteiger partial charge >= 0.3 is 0 Å². The van der Waals surface area contributed by atoms with Crippen molar-refractivity contribution in [2.75, 3.05) is 32.8 Å². The average molecular weight is 409 g/mol. The van der Waals surface area contributed by atoms with E-state index in [2.05, 4.69) is 0 Å². The normalized spacial score (nSPS) is 14.1. The lowest BCUT2D eigenvalue weighted by Crippen LogP contribution is -2.51. The predicted molar refractivity (Wildman–Crippen MR) is 103 cm³/mol. The molecular formula is C19H18Cl2N2O4. The highest BCUT2D eigenvalue weighted by molar-refractivity contribution is 6.35. The summed E-state index contributed by atoms with van der Waals surface area (Å²) >= 11 is 11.9. The topological polar surface area (TPSA) is 70.1 Å². The molecule has 0 atom stereocenters. The highest BCUT2D eigenvalue weighted by Crippen LogP contribution is 2.27. The van der Waals surface area contributed by atoms with Crippen LogP contribution in [0.3, 0.4) is 0 Å². The number of amides is 2. The second-order valence-electron chi connectivity index (χ2n) is 6.05. The number of aromatic hydroxyl groups is 1. The van der Waals surface area contributed by atoms with Crippen molar-refractivity contribution in [3.8, 4) is 11.5 Å². The number of phenolic OH excluding ortho intramolecular Hbond substituents is 1. The first-order valence-electron chi connectivity index (χ1n) is 8.38. The third kappa shape index (κ3) is 4.64. The van der Waals surface area contributed by atoms with Gasteiger partial charge in [-0.05, 0) is 30.3 Å². The van der Waals surface area contributed by atoms with E-state index in [0.717, 1.165) is 0 Å². The standard InChI is InChI=1S/C19H18Cl2N2O4/c20-13-5-6-17(15(21)11-13)27-12-18(25)22-7-9-23(10-8-22)19(26)14-3-1-2-4-16(14)24/h1-6,11,24H,7-10,12H2. The predicted octanol–water partition coefficient (Wildman–Crippen LogP) is 3.06. The van der Waals surface area contributed by atoms with Crippen molar-refractivity contribution in [1.82, 2.24) is 9.80 Å². The Morgan fingerprint density at radius 2 is 1.67 bits per heavy atom. The SMILES string of the molecule is O=C(COc1ccc(Cl)cc1Cl)N1CCN(C(=O)c2ccccc2O)CC1. The molecule has 8 heteroatoms. The monoisotopic (exact) mass is 408 g/mol. The number of benzene rings is 2. The number of halogens is 2. The molecule has 2 aromatic carbocycles. The Labute approximate surface area is 166 Å². The third-order valence-electron chi connectivity index (χ3n) is 4.30. The number of piperazine rings is 1. The van der Waals surface area contributed by atoms with Gasteiger partial charge < -0.3 is 19.6 Å². The third-order valence-corrected chi connectivity index (χ3v) is 4.83. The van der Waals surface area contributed by atoms with Gasteiger partial charge in [-0.3, -0.25) is 9.59 Å². The van der Waals surface area contributed by atoms with Crippen LogP contribution in [0.25, 0.3) is 0 Å². The minimum atomic E-state index is -0.246. The first kappa shape index (κ1) is 19.3. The zero-order valence-electron chi connectivity index (χ0n) is 14.4.